The Labute approximate surface area is 162 Å². The summed E-state index contributed by atoms with van der Waals surface area (Å²) in [7, 11) is 0. The highest BCUT2D eigenvalue weighted by atomic mass is 35.5. The predicted octanol–water partition coefficient (Wildman–Crippen LogP) is 4.52. The fourth-order valence-electron chi connectivity index (χ4n) is 2.80. The first-order valence-corrected chi connectivity index (χ1v) is 8.89. The van der Waals surface area contributed by atoms with Crippen LogP contribution in [0.4, 0.5) is 0 Å². The van der Waals surface area contributed by atoms with E-state index in [9.17, 15) is 9.59 Å². The standard InChI is InChI=1S/C21H19ClN2O3/c1-14-6-8-15(9-7-14)19-12-10-16(11-13-20(25)26)24(19)23-21(27)17-4-2-3-5-18(17)22/h2-10,12H,11,13H2,1H3,(H,23,27)(H,25,26). The van der Waals surface area contributed by atoms with Crippen molar-refractivity contribution in [2.75, 3.05) is 5.43 Å². The summed E-state index contributed by atoms with van der Waals surface area (Å²) in [6.07, 6.45) is 0.267. The maximum atomic E-state index is 12.7. The lowest BCUT2D eigenvalue weighted by atomic mass is 10.1. The van der Waals surface area contributed by atoms with Crippen molar-refractivity contribution in [2.45, 2.75) is 19.8 Å². The average Bonchev–Trinajstić information content (AvgIpc) is 3.03. The van der Waals surface area contributed by atoms with Gasteiger partial charge in [0.05, 0.1) is 22.7 Å². The monoisotopic (exact) mass is 382 g/mol. The van der Waals surface area contributed by atoms with Crippen LogP contribution in [-0.4, -0.2) is 21.7 Å². The highest BCUT2D eigenvalue weighted by Gasteiger charge is 2.16. The Morgan fingerprint density at radius 3 is 2.41 bits per heavy atom. The van der Waals surface area contributed by atoms with Crippen molar-refractivity contribution in [3.8, 4) is 11.3 Å². The molecule has 0 aliphatic heterocycles. The Morgan fingerprint density at radius 2 is 1.74 bits per heavy atom. The molecule has 0 aliphatic rings. The highest BCUT2D eigenvalue weighted by Crippen LogP contribution is 2.24. The topological polar surface area (TPSA) is 71.3 Å². The summed E-state index contributed by atoms with van der Waals surface area (Å²) in [5.41, 5.74) is 6.73. The fourth-order valence-corrected chi connectivity index (χ4v) is 3.02. The summed E-state index contributed by atoms with van der Waals surface area (Å²) in [6, 6.07) is 18.4. The van der Waals surface area contributed by atoms with E-state index in [4.69, 9.17) is 16.7 Å². The molecule has 1 heterocycles. The first kappa shape index (κ1) is 18.7. The van der Waals surface area contributed by atoms with Gasteiger partial charge in [-0.3, -0.25) is 19.7 Å². The quantitative estimate of drug-likeness (QED) is 0.658. The van der Waals surface area contributed by atoms with E-state index in [2.05, 4.69) is 5.43 Å². The molecule has 0 atom stereocenters. The lowest BCUT2D eigenvalue weighted by Crippen LogP contribution is -2.25. The lowest BCUT2D eigenvalue weighted by Gasteiger charge is -2.15. The fraction of sp³-hybridized carbons (Fsp3) is 0.143. The number of aromatic nitrogens is 1. The van der Waals surface area contributed by atoms with E-state index >= 15 is 0 Å². The summed E-state index contributed by atoms with van der Waals surface area (Å²) < 4.78 is 1.64. The zero-order valence-corrected chi connectivity index (χ0v) is 15.5. The second kappa shape index (κ2) is 8.10. The van der Waals surface area contributed by atoms with Gasteiger partial charge in [-0.05, 0) is 31.2 Å². The highest BCUT2D eigenvalue weighted by molar-refractivity contribution is 6.34. The van der Waals surface area contributed by atoms with Crippen molar-refractivity contribution in [3.63, 3.8) is 0 Å². The molecule has 2 aromatic carbocycles. The van der Waals surface area contributed by atoms with Crippen molar-refractivity contribution in [1.82, 2.24) is 4.68 Å². The molecule has 1 aromatic heterocycles. The summed E-state index contributed by atoms with van der Waals surface area (Å²) in [5.74, 6) is -1.25. The SMILES string of the molecule is Cc1ccc(-c2ccc(CCC(=O)O)n2NC(=O)c2ccccc2Cl)cc1. The third-order valence-electron chi connectivity index (χ3n) is 4.24. The van der Waals surface area contributed by atoms with Crippen LogP contribution in [0, 0.1) is 6.92 Å². The molecular weight excluding hydrogens is 364 g/mol. The van der Waals surface area contributed by atoms with Gasteiger partial charge >= 0.3 is 5.97 Å². The van der Waals surface area contributed by atoms with Gasteiger partial charge in [0.15, 0.2) is 0 Å². The van der Waals surface area contributed by atoms with E-state index in [1.807, 2.05) is 43.3 Å². The number of nitrogens with zero attached hydrogens (tertiary/aromatic N) is 1. The Bertz CT molecular complexity index is 977. The lowest BCUT2D eigenvalue weighted by molar-refractivity contribution is -0.136. The molecule has 0 saturated heterocycles. The molecule has 0 spiro atoms. The second-order valence-corrected chi connectivity index (χ2v) is 6.63. The number of amides is 1. The van der Waals surface area contributed by atoms with Gasteiger partial charge in [0.25, 0.3) is 5.91 Å². The van der Waals surface area contributed by atoms with Crippen LogP contribution in [0.1, 0.15) is 28.0 Å². The molecule has 1 amide bonds. The number of carboxylic acid groups (broad SMARTS) is 1. The van der Waals surface area contributed by atoms with Gasteiger partial charge in [0.1, 0.15) is 0 Å². The van der Waals surface area contributed by atoms with Crippen LogP contribution in [0.3, 0.4) is 0 Å². The van der Waals surface area contributed by atoms with Crippen molar-refractivity contribution in [2.24, 2.45) is 0 Å². The minimum absolute atomic E-state index is 0.0285. The smallest absolute Gasteiger partial charge is 0.303 e. The molecule has 0 saturated carbocycles. The van der Waals surface area contributed by atoms with Gasteiger partial charge in [-0.1, -0.05) is 53.6 Å². The van der Waals surface area contributed by atoms with Crippen LogP contribution in [0.25, 0.3) is 11.3 Å². The van der Waals surface area contributed by atoms with Gasteiger partial charge in [-0.15, -0.1) is 0 Å². The zero-order chi connectivity index (χ0) is 19.4. The minimum atomic E-state index is -0.892. The van der Waals surface area contributed by atoms with Gasteiger partial charge in [-0.2, -0.15) is 0 Å². The van der Waals surface area contributed by atoms with E-state index < -0.39 is 5.97 Å². The number of hydrogen-bond acceptors (Lipinski definition) is 2. The van der Waals surface area contributed by atoms with Crippen LogP contribution in [0.15, 0.2) is 60.7 Å². The molecule has 5 nitrogen and oxygen atoms in total. The molecule has 6 heteroatoms. The van der Waals surface area contributed by atoms with Gasteiger partial charge in [0.2, 0.25) is 0 Å². The van der Waals surface area contributed by atoms with E-state index in [1.54, 1.807) is 28.9 Å². The second-order valence-electron chi connectivity index (χ2n) is 6.23. The number of benzene rings is 2. The van der Waals surface area contributed by atoms with E-state index in [0.29, 0.717) is 22.7 Å². The normalized spacial score (nSPS) is 10.6. The Hall–Kier alpha value is -3.05. The number of carbonyl (C=O) groups is 2. The van der Waals surface area contributed by atoms with Crippen LogP contribution < -0.4 is 5.43 Å². The summed E-state index contributed by atoms with van der Waals surface area (Å²) >= 11 is 6.13. The molecule has 3 aromatic rings. The third-order valence-corrected chi connectivity index (χ3v) is 4.57. The van der Waals surface area contributed by atoms with Crippen LogP contribution >= 0.6 is 11.6 Å². The number of halogens is 1. The zero-order valence-electron chi connectivity index (χ0n) is 14.8. The number of aryl methyl sites for hydroxylation is 2. The van der Waals surface area contributed by atoms with E-state index in [0.717, 1.165) is 16.8 Å². The summed E-state index contributed by atoms with van der Waals surface area (Å²) in [4.78, 5) is 23.7. The largest absolute Gasteiger partial charge is 0.481 e. The van der Waals surface area contributed by atoms with E-state index in [1.165, 1.54) is 0 Å². The minimum Gasteiger partial charge on any atom is -0.481 e. The number of hydrogen-bond donors (Lipinski definition) is 2. The molecule has 2 N–H and O–H groups in total. The molecule has 0 unspecified atom stereocenters. The average molecular weight is 383 g/mol. The van der Waals surface area contributed by atoms with Crippen molar-refractivity contribution in [3.05, 3.63) is 82.5 Å². The molecule has 27 heavy (non-hydrogen) atoms. The molecule has 3 rings (SSSR count). The predicted molar refractivity (Wildman–Crippen MR) is 106 cm³/mol. The van der Waals surface area contributed by atoms with E-state index in [-0.39, 0.29) is 12.3 Å². The Morgan fingerprint density at radius 1 is 1.04 bits per heavy atom. The maximum absolute atomic E-state index is 12.7. The van der Waals surface area contributed by atoms with Crippen molar-refractivity contribution >= 4 is 23.5 Å². The van der Waals surface area contributed by atoms with Crippen molar-refractivity contribution in [1.29, 1.82) is 0 Å². The molecular formula is C21H19ClN2O3. The van der Waals surface area contributed by atoms with Gasteiger partial charge < -0.3 is 5.11 Å². The summed E-state index contributed by atoms with van der Waals surface area (Å²) in [6.45, 7) is 2.00. The third kappa shape index (κ3) is 4.38. The molecule has 0 radical (unpaired) electrons. The number of carbonyl (C=O) groups excluding carboxylic acids is 1. The maximum Gasteiger partial charge on any atom is 0.303 e. The Kier molecular flexibility index (Phi) is 5.62. The number of carboxylic acids is 1. The summed E-state index contributed by atoms with van der Waals surface area (Å²) in [5, 5.41) is 9.36. The van der Waals surface area contributed by atoms with Crippen LogP contribution in [0.5, 0.6) is 0 Å². The number of nitrogens with one attached hydrogen (secondary N) is 1. The number of aliphatic carboxylic acids is 1. The first-order valence-electron chi connectivity index (χ1n) is 8.51. The molecule has 138 valence electrons. The van der Waals surface area contributed by atoms with Crippen LogP contribution in [-0.2, 0) is 11.2 Å². The molecule has 0 fully saturated rings. The van der Waals surface area contributed by atoms with Gasteiger partial charge in [-0.25, -0.2) is 0 Å². The number of rotatable bonds is 6. The molecule has 0 aliphatic carbocycles. The van der Waals surface area contributed by atoms with Crippen molar-refractivity contribution < 1.29 is 14.7 Å². The van der Waals surface area contributed by atoms with Gasteiger partial charge in [0, 0.05) is 17.7 Å². The Balaban J connectivity index is 1.98. The van der Waals surface area contributed by atoms with Crippen LogP contribution in [0.2, 0.25) is 5.02 Å². The molecule has 0 bridgehead atoms. The first-order chi connectivity index (χ1) is 13.0.